The number of hydrogen-bond acceptors (Lipinski definition) is 7. The SMILES string of the molecule is Cc1cc(C)nc(N2Sc3cccnc3NC23OO3)c1. The van der Waals surface area contributed by atoms with Crippen LogP contribution in [-0.2, 0) is 9.78 Å². The lowest BCUT2D eigenvalue weighted by Crippen LogP contribution is -2.43. The standard InChI is InChI=1S/C13H12N4O2S/c1-8-6-9(2)15-11(7-8)17-13(18-19-13)16-12-10(20-17)4-3-5-14-12/h3-7H,1-2H3,(H,14,16). The van der Waals surface area contributed by atoms with Gasteiger partial charge in [0.2, 0.25) is 0 Å². The van der Waals surface area contributed by atoms with Gasteiger partial charge in [0.25, 0.3) is 0 Å². The van der Waals surface area contributed by atoms with Gasteiger partial charge in [0.05, 0.1) is 4.90 Å². The average Bonchev–Trinajstić information content (AvgIpc) is 3.17. The van der Waals surface area contributed by atoms with Crippen LogP contribution in [-0.4, -0.2) is 16.0 Å². The molecule has 1 spiro atoms. The van der Waals surface area contributed by atoms with Crippen LogP contribution >= 0.6 is 11.9 Å². The second kappa shape index (κ2) is 4.08. The van der Waals surface area contributed by atoms with Crippen LogP contribution in [0.15, 0.2) is 35.4 Å². The van der Waals surface area contributed by atoms with Crippen molar-refractivity contribution in [1.82, 2.24) is 9.97 Å². The first kappa shape index (κ1) is 12.0. The van der Waals surface area contributed by atoms with E-state index in [1.807, 2.05) is 42.4 Å². The Morgan fingerprint density at radius 1 is 1.30 bits per heavy atom. The Kier molecular flexibility index (Phi) is 2.44. The zero-order valence-electron chi connectivity index (χ0n) is 11.0. The quantitative estimate of drug-likeness (QED) is 0.491. The van der Waals surface area contributed by atoms with Gasteiger partial charge in [0.1, 0.15) is 11.6 Å². The van der Waals surface area contributed by atoms with Crippen molar-refractivity contribution >= 4 is 23.6 Å². The Morgan fingerprint density at radius 2 is 2.15 bits per heavy atom. The molecule has 2 aromatic rings. The van der Waals surface area contributed by atoms with Crippen LogP contribution in [0.25, 0.3) is 0 Å². The topological polar surface area (TPSA) is 66.1 Å². The number of nitrogens with zero attached hydrogens (tertiary/aromatic N) is 3. The molecule has 102 valence electrons. The minimum Gasteiger partial charge on any atom is -0.294 e. The van der Waals surface area contributed by atoms with E-state index in [2.05, 4.69) is 15.3 Å². The van der Waals surface area contributed by atoms with E-state index in [1.165, 1.54) is 11.9 Å². The van der Waals surface area contributed by atoms with Crippen molar-refractivity contribution in [3.63, 3.8) is 0 Å². The van der Waals surface area contributed by atoms with Gasteiger partial charge in [-0.2, -0.15) is 0 Å². The van der Waals surface area contributed by atoms with Crippen LogP contribution in [0.4, 0.5) is 11.6 Å². The summed E-state index contributed by atoms with van der Waals surface area (Å²) in [7, 11) is 0. The predicted molar refractivity (Wildman–Crippen MR) is 74.8 cm³/mol. The highest BCUT2D eigenvalue weighted by Gasteiger charge is 2.60. The molecule has 2 aliphatic rings. The minimum atomic E-state index is -1.00. The third-order valence-corrected chi connectivity index (χ3v) is 4.17. The first-order chi connectivity index (χ1) is 9.66. The molecule has 20 heavy (non-hydrogen) atoms. The second-order valence-corrected chi connectivity index (χ2v) is 5.74. The Bertz CT molecular complexity index is 670. The minimum absolute atomic E-state index is 0.746. The zero-order valence-corrected chi connectivity index (χ0v) is 11.8. The fraction of sp³-hybridized carbons (Fsp3) is 0.231. The third-order valence-electron chi connectivity index (χ3n) is 3.04. The highest BCUT2D eigenvalue weighted by atomic mass is 32.2. The number of hydrogen-bond donors (Lipinski definition) is 1. The number of aromatic nitrogens is 2. The second-order valence-electron chi connectivity index (χ2n) is 4.75. The normalized spacial score (nSPS) is 18.6. The maximum Gasteiger partial charge on any atom is 0.407 e. The fourth-order valence-electron chi connectivity index (χ4n) is 2.19. The van der Waals surface area contributed by atoms with Gasteiger partial charge < -0.3 is 0 Å². The molecule has 6 nitrogen and oxygen atoms in total. The van der Waals surface area contributed by atoms with E-state index in [0.29, 0.717) is 0 Å². The summed E-state index contributed by atoms with van der Waals surface area (Å²) < 4.78 is 1.87. The molecule has 0 amide bonds. The summed E-state index contributed by atoms with van der Waals surface area (Å²) in [6, 6.07) is 6.91. The predicted octanol–water partition coefficient (Wildman–Crippen LogP) is 2.61. The maximum atomic E-state index is 5.15. The van der Waals surface area contributed by atoms with Crippen molar-refractivity contribution in [3.05, 3.63) is 41.7 Å². The van der Waals surface area contributed by atoms with Gasteiger partial charge in [-0.1, -0.05) is 0 Å². The maximum absolute atomic E-state index is 5.15. The molecular weight excluding hydrogens is 276 g/mol. The number of aryl methyl sites for hydroxylation is 2. The zero-order chi connectivity index (χ0) is 13.7. The van der Waals surface area contributed by atoms with E-state index in [9.17, 15) is 0 Å². The number of nitrogens with one attached hydrogen (secondary N) is 1. The van der Waals surface area contributed by atoms with E-state index in [4.69, 9.17) is 9.78 Å². The summed E-state index contributed by atoms with van der Waals surface area (Å²) >= 11 is 1.49. The van der Waals surface area contributed by atoms with E-state index >= 15 is 0 Å². The van der Waals surface area contributed by atoms with Crippen molar-refractivity contribution in [2.75, 3.05) is 9.62 Å². The summed E-state index contributed by atoms with van der Waals surface area (Å²) in [5.41, 5.74) is 2.09. The third kappa shape index (κ3) is 1.82. The lowest BCUT2D eigenvalue weighted by molar-refractivity contribution is 0.0850. The average molecular weight is 288 g/mol. The van der Waals surface area contributed by atoms with Crippen LogP contribution < -0.4 is 9.62 Å². The molecule has 0 bridgehead atoms. The van der Waals surface area contributed by atoms with Crippen LogP contribution in [0.1, 0.15) is 11.3 Å². The van der Waals surface area contributed by atoms with Crippen LogP contribution in [0.3, 0.4) is 0 Å². The molecule has 1 N–H and O–H groups in total. The summed E-state index contributed by atoms with van der Waals surface area (Å²) in [5.74, 6) is 1.53. The molecule has 1 fully saturated rings. The molecule has 0 saturated carbocycles. The van der Waals surface area contributed by atoms with E-state index < -0.39 is 6.03 Å². The largest absolute Gasteiger partial charge is 0.407 e. The molecule has 4 heterocycles. The van der Waals surface area contributed by atoms with Gasteiger partial charge in [0, 0.05) is 11.9 Å². The lowest BCUT2D eigenvalue weighted by atomic mass is 10.2. The van der Waals surface area contributed by atoms with Gasteiger partial charge in [-0.25, -0.2) is 14.3 Å². The number of rotatable bonds is 1. The van der Waals surface area contributed by atoms with Crippen LogP contribution in [0.2, 0.25) is 0 Å². The molecule has 0 atom stereocenters. The molecule has 4 rings (SSSR count). The smallest absolute Gasteiger partial charge is 0.294 e. The molecule has 2 aromatic heterocycles. The Labute approximate surface area is 120 Å². The number of anilines is 2. The van der Waals surface area contributed by atoms with E-state index in [1.54, 1.807) is 6.20 Å². The molecule has 2 aliphatic heterocycles. The van der Waals surface area contributed by atoms with Crippen molar-refractivity contribution in [3.8, 4) is 0 Å². The Balaban J connectivity index is 1.78. The highest BCUT2D eigenvalue weighted by molar-refractivity contribution is 8.01. The fourth-order valence-corrected chi connectivity index (χ4v) is 3.13. The molecule has 0 radical (unpaired) electrons. The molecular formula is C13H12N4O2S. The van der Waals surface area contributed by atoms with Gasteiger partial charge in [-0.05, 0) is 55.6 Å². The van der Waals surface area contributed by atoms with Crippen molar-refractivity contribution in [2.24, 2.45) is 0 Å². The van der Waals surface area contributed by atoms with Gasteiger partial charge in [-0.15, -0.1) is 9.78 Å². The molecule has 0 unspecified atom stereocenters. The summed E-state index contributed by atoms with van der Waals surface area (Å²) in [4.78, 5) is 20.1. The van der Waals surface area contributed by atoms with Gasteiger partial charge in [-0.3, -0.25) is 5.32 Å². The van der Waals surface area contributed by atoms with Crippen LogP contribution in [0.5, 0.6) is 0 Å². The molecule has 0 aromatic carbocycles. The number of pyridine rings is 2. The molecule has 0 aliphatic carbocycles. The van der Waals surface area contributed by atoms with Crippen molar-refractivity contribution < 1.29 is 9.78 Å². The van der Waals surface area contributed by atoms with Gasteiger partial charge >= 0.3 is 6.03 Å². The monoisotopic (exact) mass is 288 g/mol. The molecule has 7 heteroatoms. The van der Waals surface area contributed by atoms with Crippen LogP contribution in [0, 0.1) is 13.8 Å². The summed E-state index contributed by atoms with van der Waals surface area (Å²) in [6.07, 6.45) is 1.73. The van der Waals surface area contributed by atoms with E-state index in [-0.39, 0.29) is 0 Å². The Morgan fingerprint density at radius 3 is 2.90 bits per heavy atom. The van der Waals surface area contributed by atoms with Crippen molar-refractivity contribution in [2.45, 2.75) is 24.8 Å². The van der Waals surface area contributed by atoms with E-state index in [0.717, 1.165) is 27.8 Å². The Hall–Kier alpha value is -1.83. The lowest BCUT2D eigenvalue weighted by Gasteiger charge is -2.31. The first-order valence-electron chi connectivity index (χ1n) is 6.20. The van der Waals surface area contributed by atoms with Crippen molar-refractivity contribution in [1.29, 1.82) is 0 Å². The number of fused-ring (bicyclic) bond motifs is 1. The van der Waals surface area contributed by atoms with Gasteiger partial charge in [0.15, 0.2) is 0 Å². The summed E-state index contributed by atoms with van der Waals surface area (Å²) in [6.45, 7) is 4.01. The highest BCUT2D eigenvalue weighted by Crippen LogP contribution is 2.49. The first-order valence-corrected chi connectivity index (χ1v) is 6.97. The summed E-state index contributed by atoms with van der Waals surface area (Å²) in [5, 5.41) is 3.14. The molecule has 1 saturated heterocycles.